The minimum absolute atomic E-state index is 0.0975. The molecule has 1 aliphatic heterocycles. The standard InChI is InChI=1S/C24H25NO3S2/c1-16-6-8-18(9-7-16)30-15-23(26)25-11-10-17-13-20(27-2)21(28-3)14-19(17)24(25)22-5-4-12-29-22/h4-9,12-14,24H,10-11,15H2,1-3H3. The van der Waals surface area contributed by atoms with Crippen LogP contribution in [0.3, 0.4) is 0 Å². The van der Waals surface area contributed by atoms with Crippen molar-refractivity contribution in [1.29, 1.82) is 0 Å². The monoisotopic (exact) mass is 439 g/mol. The Morgan fingerprint density at radius 3 is 2.53 bits per heavy atom. The smallest absolute Gasteiger partial charge is 0.233 e. The Kier molecular flexibility index (Phi) is 6.35. The first-order valence-electron chi connectivity index (χ1n) is 9.88. The molecule has 2 aromatic carbocycles. The van der Waals surface area contributed by atoms with E-state index in [2.05, 4.69) is 48.7 Å². The lowest BCUT2D eigenvalue weighted by molar-refractivity contribution is -0.130. The van der Waals surface area contributed by atoms with Crippen molar-refractivity contribution in [3.8, 4) is 11.5 Å². The first-order chi connectivity index (χ1) is 14.6. The number of thiophene rings is 1. The topological polar surface area (TPSA) is 38.8 Å². The maximum atomic E-state index is 13.3. The third-order valence-electron chi connectivity index (χ3n) is 5.39. The molecule has 0 saturated carbocycles. The van der Waals surface area contributed by atoms with Gasteiger partial charge in [-0.25, -0.2) is 0 Å². The summed E-state index contributed by atoms with van der Waals surface area (Å²) >= 11 is 3.27. The summed E-state index contributed by atoms with van der Waals surface area (Å²) in [6.07, 6.45) is 0.804. The normalized spacial score (nSPS) is 15.6. The van der Waals surface area contributed by atoms with Crippen LogP contribution in [0.4, 0.5) is 0 Å². The predicted molar refractivity (Wildman–Crippen MR) is 123 cm³/mol. The highest BCUT2D eigenvalue weighted by Gasteiger charge is 2.33. The van der Waals surface area contributed by atoms with Gasteiger partial charge in [-0.2, -0.15) is 0 Å². The zero-order valence-electron chi connectivity index (χ0n) is 17.4. The number of benzene rings is 2. The maximum Gasteiger partial charge on any atom is 0.233 e. The number of hydrogen-bond acceptors (Lipinski definition) is 5. The van der Waals surface area contributed by atoms with Gasteiger partial charge in [0.15, 0.2) is 11.5 Å². The summed E-state index contributed by atoms with van der Waals surface area (Å²) in [5.41, 5.74) is 3.55. The van der Waals surface area contributed by atoms with Gasteiger partial charge in [-0.05, 0) is 60.2 Å². The molecule has 1 unspecified atom stereocenters. The average molecular weight is 440 g/mol. The van der Waals surface area contributed by atoms with Gasteiger partial charge in [-0.15, -0.1) is 23.1 Å². The van der Waals surface area contributed by atoms with E-state index in [1.54, 1.807) is 37.3 Å². The molecule has 156 valence electrons. The number of nitrogens with zero attached hydrogens (tertiary/aromatic N) is 1. The van der Waals surface area contributed by atoms with Gasteiger partial charge in [0.25, 0.3) is 0 Å². The van der Waals surface area contributed by atoms with Crippen LogP contribution < -0.4 is 9.47 Å². The van der Waals surface area contributed by atoms with Gasteiger partial charge in [0.05, 0.1) is 26.0 Å². The molecule has 3 aromatic rings. The van der Waals surface area contributed by atoms with Gasteiger partial charge in [0, 0.05) is 16.3 Å². The number of methoxy groups -OCH3 is 2. The highest BCUT2D eigenvalue weighted by molar-refractivity contribution is 8.00. The molecule has 4 rings (SSSR count). The quantitative estimate of drug-likeness (QED) is 0.486. The van der Waals surface area contributed by atoms with Gasteiger partial charge < -0.3 is 14.4 Å². The summed E-state index contributed by atoms with van der Waals surface area (Å²) in [5, 5.41) is 2.06. The summed E-state index contributed by atoms with van der Waals surface area (Å²) < 4.78 is 11.0. The second-order valence-electron chi connectivity index (χ2n) is 7.26. The number of ether oxygens (including phenoxy) is 2. The lowest BCUT2D eigenvalue weighted by Gasteiger charge is -2.37. The molecule has 0 bridgehead atoms. The molecule has 0 saturated heterocycles. The molecule has 2 heterocycles. The Morgan fingerprint density at radius 2 is 1.87 bits per heavy atom. The molecule has 1 atom stereocenters. The van der Waals surface area contributed by atoms with Gasteiger partial charge in [-0.1, -0.05) is 23.8 Å². The number of carbonyl (C=O) groups excluding carboxylic acids is 1. The second-order valence-corrected chi connectivity index (χ2v) is 9.29. The van der Waals surface area contributed by atoms with Crippen molar-refractivity contribution in [2.45, 2.75) is 24.3 Å². The first kappa shape index (κ1) is 20.8. The van der Waals surface area contributed by atoms with Crippen molar-refractivity contribution in [2.24, 2.45) is 0 Å². The molecular weight excluding hydrogens is 414 g/mol. The predicted octanol–water partition coefficient (Wildman–Crippen LogP) is 5.34. The molecule has 0 aliphatic carbocycles. The number of aryl methyl sites for hydroxylation is 1. The second kappa shape index (κ2) is 9.14. The summed E-state index contributed by atoms with van der Waals surface area (Å²) in [5.74, 6) is 2.00. The molecule has 1 aromatic heterocycles. The minimum Gasteiger partial charge on any atom is -0.493 e. The zero-order valence-corrected chi connectivity index (χ0v) is 19.0. The molecule has 1 aliphatic rings. The highest BCUT2D eigenvalue weighted by Crippen LogP contribution is 2.42. The lowest BCUT2D eigenvalue weighted by atomic mass is 9.91. The van der Waals surface area contributed by atoms with Crippen LogP contribution in [0.2, 0.25) is 0 Å². The fourth-order valence-electron chi connectivity index (χ4n) is 3.83. The molecular formula is C24H25NO3S2. The van der Waals surface area contributed by atoms with Crippen molar-refractivity contribution in [3.63, 3.8) is 0 Å². The number of amides is 1. The molecule has 4 nitrogen and oxygen atoms in total. The number of carbonyl (C=O) groups is 1. The Hall–Kier alpha value is -2.44. The molecule has 0 spiro atoms. The first-order valence-corrected chi connectivity index (χ1v) is 11.7. The Balaban J connectivity index is 1.63. The van der Waals surface area contributed by atoms with E-state index >= 15 is 0 Å². The number of thioether (sulfide) groups is 1. The molecule has 6 heteroatoms. The van der Waals surface area contributed by atoms with Crippen molar-refractivity contribution in [2.75, 3.05) is 26.5 Å². The average Bonchev–Trinajstić information content (AvgIpc) is 3.31. The Morgan fingerprint density at radius 1 is 1.13 bits per heavy atom. The summed E-state index contributed by atoms with van der Waals surface area (Å²) in [7, 11) is 3.30. The van der Waals surface area contributed by atoms with Crippen LogP contribution in [-0.2, 0) is 11.2 Å². The van der Waals surface area contributed by atoms with Crippen molar-refractivity contribution in [3.05, 3.63) is 75.5 Å². The molecule has 1 amide bonds. The summed E-state index contributed by atoms with van der Waals surface area (Å²) in [4.78, 5) is 17.6. The van der Waals surface area contributed by atoms with Crippen LogP contribution in [0, 0.1) is 6.92 Å². The minimum atomic E-state index is -0.0975. The van der Waals surface area contributed by atoms with Gasteiger partial charge >= 0.3 is 0 Å². The highest BCUT2D eigenvalue weighted by atomic mass is 32.2. The van der Waals surface area contributed by atoms with Crippen LogP contribution in [0.1, 0.15) is 27.6 Å². The number of fused-ring (bicyclic) bond motifs is 1. The molecule has 0 N–H and O–H groups in total. The number of rotatable bonds is 6. The third-order valence-corrected chi connectivity index (χ3v) is 7.31. The van der Waals surface area contributed by atoms with E-state index < -0.39 is 0 Å². The van der Waals surface area contributed by atoms with E-state index in [1.165, 1.54) is 11.1 Å². The van der Waals surface area contributed by atoms with Gasteiger partial charge in [0.2, 0.25) is 5.91 Å². The number of hydrogen-bond donors (Lipinski definition) is 0. The maximum absolute atomic E-state index is 13.3. The largest absolute Gasteiger partial charge is 0.493 e. The summed E-state index contributed by atoms with van der Waals surface area (Å²) in [6.45, 7) is 2.76. The molecule has 0 radical (unpaired) electrons. The fraction of sp³-hybridized carbons (Fsp3) is 0.292. The van der Waals surface area contributed by atoms with Gasteiger partial charge in [-0.3, -0.25) is 4.79 Å². The zero-order chi connectivity index (χ0) is 21.1. The van der Waals surface area contributed by atoms with Crippen LogP contribution >= 0.6 is 23.1 Å². The van der Waals surface area contributed by atoms with Crippen LogP contribution in [0.15, 0.2) is 58.8 Å². The van der Waals surface area contributed by atoms with Crippen molar-refractivity contribution in [1.82, 2.24) is 4.90 Å². The van der Waals surface area contributed by atoms with Gasteiger partial charge in [0.1, 0.15) is 0 Å². The van der Waals surface area contributed by atoms with E-state index in [1.807, 2.05) is 17.0 Å². The lowest BCUT2D eigenvalue weighted by Crippen LogP contribution is -2.41. The van der Waals surface area contributed by atoms with E-state index in [9.17, 15) is 4.79 Å². The molecule has 30 heavy (non-hydrogen) atoms. The van der Waals surface area contributed by atoms with Crippen LogP contribution in [0.5, 0.6) is 11.5 Å². The van der Waals surface area contributed by atoms with Crippen molar-refractivity contribution >= 4 is 29.0 Å². The SMILES string of the molecule is COc1cc2c(cc1OC)C(c1cccs1)N(C(=O)CSc1ccc(C)cc1)CC2. The van der Waals surface area contributed by atoms with E-state index in [4.69, 9.17) is 9.47 Å². The molecule has 0 fully saturated rings. The van der Waals surface area contributed by atoms with E-state index in [0.717, 1.165) is 27.5 Å². The third kappa shape index (κ3) is 4.20. The van der Waals surface area contributed by atoms with Crippen LogP contribution in [-0.4, -0.2) is 37.3 Å². The van der Waals surface area contributed by atoms with Crippen molar-refractivity contribution < 1.29 is 14.3 Å². The summed E-state index contributed by atoms with van der Waals surface area (Å²) in [6, 6.07) is 16.4. The van der Waals surface area contributed by atoms with E-state index in [-0.39, 0.29) is 11.9 Å². The van der Waals surface area contributed by atoms with Crippen LogP contribution in [0.25, 0.3) is 0 Å². The van der Waals surface area contributed by atoms with E-state index in [0.29, 0.717) is 18.0 Å². The Labute approximate surface area is 185 Å². The fourth-order valence-corrected chi connectivity index (χ4v) is 5.47. The Bertz CT molecular complexity index is 1020.